The summed E-state index contributed by atoms with van der Waals surface area (Å²) in [4.78, 5) is 4.23. The summed E-state index contributed by atoms with van der Waals surface area (Å²) >= 11 is 1.40. The molecular formula is C14H11N5OS. The van der Waals surface area contributed by atoms with E-state index in [1.165, 1.54) is 11.8 Å². The molecule has 3 heterocycles. The largest absolute Gasteiger partial charge is 0.461 e. The Morgan fingerprint density at radius 3 is 2.86 bits per heavy atom. The third-order valence-electron chi connectivity index (χ3n) is 2.84. The maximum atomic E-state index is 8.78. The van der Waals surface area contributed by atoms with Crippen molar-refractivity contribution < 1.29 is 4.42 Å². The van der Waals surface area contributed by atoms with Gasteiger partial charge in [0, 0.05) is 12.7 Å². The predicted octanol–water partition coefficient (Wildman–Crippen LogP) is 2.98. The van der Waals surface area contributed by atoms with E-state index < -0.39 is 0 Å². The Balaban J connectivity index is 1.90. The van der Waals surface area contributed by atoms with E-state index in [0.29, 0.717) is 17.1 Å². The molecule has 0 saturated carbocycles. The summed E-state index contributed by atoms with van der Waals surface area (Å²) in [5, 5.41) is 18.6. The van der Waals surface area contributed by atoms with E-state index in [4.69, 9.17) is 9.68 Å². The summed E-state index contributed by atoms with van der Waals surface area (Å²) in [6.45, 7) is 2.74. The Morgan fingerprint density at radius 2 is 2.24 bits per heavy atom. The highest BCUT2D eigenvalue weighted by atomic mass is 32.2. The van der Waals surface area contributed by atoms with E-state index >= 15 is 0 Å². The topological polar surface area (TPSA) is 80.5 Å². The van der Waals surface area contributed by atoms with E-state index in [9.17, 15) is 0 Å². The summed E-state index contributed by atoms with van der Waals surface area (Å²) in [6, 6.07) is 9.24. The molecule has 0 aromatic carbocycles. The Kier molecular flexibility index (Phi) is 3.71. The van der Waals surface area contributed by atoms with Gasteiger partial charge in [0.15, 0.2) is 16.7 Å². The van der Waals surface area contributed by atoms with Gasteiger partial charge in [-0.05, 0) is 43.0 Å². The van der Waals surface area contributed by atoms with Gasteiger partial charge in [0.2, 0.25) is 0 Å². The lowest BCUT2D eigenvalue weighted by molar-refractivity contribution is 0.567. The van der Waals surface area contributed by atoms with Gasteiger partial charge in [0.1, 0.15) is 11.1 Å². The zero-order valence-corrected chi connectivity index (χ0v) is 12.0. The average Bonchev–Trinajstić information content (AvgIpc) is 3.16. The van der Waals surface area contributed by atoms with Gasteiger partial charge in [-0.2, -0.15) is 5.26 Å². The van der Waals surface area contributed by atoms with E-state index in [0.717, 1.165) is 16.7 Å². The SMILES string of the molecule is CCn1c(Sc2ccc(C#N)cn2)nnc1-c1ccco1. The van der Waals surface area contributed by atoms with Gasteiger partial charge >= 0.3 is 0 Å². The zero-order valence-electron chi connectivity index (χ0n) is 11.2. The molecule has 0 N–H and O–H groups in total. The van der Waals surface area contributed by atoms with Crippen LogP contribution in [0.5, 0.6) is 0 Å². The third-order valence-corrected chi connectivity index (χ3v) is 3.77. The van der Waals surface area contributed by atoms with Crippen molar-refractivity contribution in [1.82, 2.24) is 19.7 Å². The summed E-state index contributed by atoms with van der Waals surface area (Å²) < 4.78 is 7.33. The second-order valence-electron chi connectivity index (χ2n) is 4.13. The van der Waals surface area contributed by atoms with Crippen LogP contribution in [0.25, 0.3) is 11.6 Å². The zero-order chi connectivity index (χ0) is 14.7. The van der Waals surface area contributed by atoms with Crippen LogP contribution in [0.4, 0.5) is 0 Å². The molecule has 0 aliphatic rings. The fourth-order valence-electron chi connectivity index (χ4n) is 1.84. The molecule has 0 aliphatic heterocycles. The fraction of sp³-hybridized carbons (Fsp3) is 0.143. The number of aromatic nitrogens is 4. The molecule has 3 rings (SSSR count). The lowest BCUT2D eigenvalue weighted by Gasteiger charge is -2.05. The van der Waals surface area contributed by atoms with Crippen LogP contribution >= 0.6 is 11.8 Å². The Hall–Kier alpha value is -2.59. The monoisotopic (exact) mass is 297 g/mol. The van der Waals surface area contributed by atoms with Crippen molar-refractivity contribution >= 4 is 11.8 Å². The minimum atomic E-state index is 0.535. The summed E-state index contributed by atoms with van der Waals surface area (Å²) in [6.07, 6.45) is 3.15. The normalized spacial score (nSPS) is 10.5. The first-order chi connectivity index (χ1) is 10.3. The van der Waals surface area contributed by atoms with Crippen molar-refractivity contribution in [3.05, 3.63) is 42.3 Å². The van der Waals surface area contributed by atoms with Gasteiger partial charge < -0.3 is 4.42 Å². The molecule has 0 unspecified atom stereocenters. The first-order valence-corrected chi connectivity index (χ1v) is 7.14. The summed E-state index contributed by atoms with van der Waals surface area (Å²) in [5.74, 6) is 1.38. The van der Waals surface area contributed by atoms with Crippen molar-refractivity contribution in [2.24, 2.45) is 0 Å². The smallest absolute Gasteiger partial charge is 0.200 e. The molecular weight excluding hydrogens is 286 g/mol. The average molecular weight is 297 g/mol. The van der Waals surface area contributed by atoms with Gasteiger partial charge in [-0.3, -0.25) is 4.57 Å². The molecule has 3 aromatic heterocycles. The molecule has 0 spiro atoms. The second-order valence-corrected chi connectivity index (χ2v) is 5.11. The minimum absolute atomic E-state index is 0.535. The van der Waals surface area contributed by atoms with Crippen LogP contribution in [0.15, 0.2) is 51.3 Å². The van der Waals surface area contributed by atoms with Gasteiger partial charge in [0.25, 0.3) is 0 Å². The Labute approximate surface area is 125 Å². The predicted molar refractivity (Wildman–Crippen MR) is 76.5 cm³/mol. The molecule has 3 aromatic rings. The van der Waals surface area contributed by atoms with Crippen LogP contribution < -0.4 is 0 Å². The van der Waals surface area contributed by atoms with E-state index in [1.807, 2.05) is 29.7 Å². The van der Waals surface area contributed by atoms with Crippen LogP contribution in [0.1, 0.15) is 12.5 Å². The molecule has 0 saturated heterocycles. The van der Waals surface area contributed by atoms with Gasteiger partial charge in [-0.15, -0.1) is 10.2 Å². The third kappa shape index (κ3) is 2.66. The number of pyridine rings is 1. The lowest BCUT2D eigenvalue weighted by Crippen LogP contribution is -1.99. The van der Waals surface area contributed by atoms with Gasteiger partial charge in [0.05, 0.1) is 11.8 Å². The Bertz CT molecular complexity index is 771. The van der Waals surface area contributed by atoms with E-state index in [2.05, 4.69) is 15.2 Å². The van der Waals surface area contributed by atoms with Crippen molar-refractivity contribution in [2.75, 3.05) is 0 Å². The van der Waals surface area contributed by atoms with Crippen LogP contribution in [0.2, 0.25) is 0 Å². The molecule has 0 radical (unpaired) electrons. The van der Waals surface area contributed by atoms with Crippen molar-refractivity contribution in [2.45, 2.75) is 23.7 Å². The van der Waals surface area contributed by atoms with E-state index in [1.54, 1.807) is 24.6 Å². The van der Waals surface area contributed by atoms with E-state index in [-0.39, 0.29) is 0 Å². The van der Waals surface area contributed by atoms with Gasteiger partial charge in [-0.1, -0.05) is 0 Å². The minimum Gasteiger partial charge on any atom is -0.461 e. The maximum absolute atomic E-state index is 8.78. The van der Waals surface area contributed by atoms with Crippen molar-refractivity contribution in [1.29, 1.82) is 5.26 Å². The van der Waals surface area contributed by atoms with Crippen LogP contribution in [-0.4, -0.2) is 19.7 Å². The number of nitrogens with zero attached hydrogens (tertiary/aromatic N) is 5. The first kappa shape index (κ1) is 13.4. The van der Waals surface area contributed by atoms with Crippen LogP contribution in [0, 0.1) is 11.3 Å². The van der Waals surface area contributed by atoms with Crippen LogP contribution in [-0.2, 0) is 6.54 Å². The molecule has 0 aliphatic carbocycles. The number of nitriles is 1. The lowest BCUT2D eigenvalue weighted by atomic mass is 10.3. The second kappa shape index (κ2) is 5.81. The van der Waals surface area contributed by atoms with Crippen LogP contribution in [0.3, 0.4) is 0 Å². The number of furan rings is 1. The highest BCUT2D eigenvalue weighted by Gasteiger charge is 2.15. The molecule has 0 atom stereocenters. The quantitative estimate of drug-likeness (QED) is 0.736. The first-order valence-electron chi connectivity index (χ1n) is 6.33. The molecule has 0 bridgehead atoms. The molecule has 0 fully saturated rings. The van der Waals surface area contributed by atoms with Crippen molar-refractivity contribution in [3.8, 4) is 17.7 Å². The number of hydrogen-bond donors (Lipinski definition) is 0. The molecule has 6 nitrogen and oxygen atoms in total. The standard InChI is InChI=1S/C14H11N5OS/c1-2-19-13(11-4-3-7-20-11)17-18-14(19)21-12-6-5-10(8-15)9-16-12/h3-7,9H,2H2,1H3. The fourth-order valence-corrected chi connectivity index (χ4v) is 2.67. The van der Waals surface area contributed by atoms with Gasteiger partial charge in [-0.25, -0.2) is 4.98 Å². The highest BCUT2D eigenvalue weighted by Crippen LogP contribution is 2.28. The van der Waals surface area contributed by atoms with Crippen molar-refractivity contribution in [3.63, 3.8) is 0 Å². The molecule has 7 heteroatoms. The molecule has 21 heavy (non-hydrogen) atoms. The number of rotatable bonds is 4. The highest BCUT2D eigenvalue weighted by molar-refractivity contribution is 7.99. The maximum Gasteiger partial charge on any atom is 0.200 e. The molecule has 104 valence electrons. The summed E-state index contributed by atoms with van der Waals surface area (Å²) in [7, 11) is 0. The Morgan fingerprint density at radius 1 is 1.33 bits per heavy atom. The molecule has 0 amide bonds. The summed E-state index contributed by atoms with van der Waals surface area (Å²) in [5.41, 5.74) is 0.535. The number of hydrogen-bond acceptors (Lipinski definition) is 6.